The van der Waals surface area contributed by atoms with Crippen LogP contribution in [0.25, 0.3) is 38.6 Å². The van der Waals surface area contributed by atoms with Crippen LogP contribution in [-0.4, -0.2) is 37.3 Å². The molecule has 4 heterocycles. The molecular formula is C25H26N6O2. The molecule has 0 fully saturated rings. The van der Waals surface area contributed by atoms with Crippen molar-refractivity contribution >= 4 is 39.4 Å². The lowest BCUT2D eigenvalue weighted by Crippen LogP contribution is -2.43. The summed E-state index contributed by atoms with van der Waals surface area (Å²) in [6, 6.07) is 9.89. The van der Waals surface area contributed by atoms with Crippen LogP contribution in [0, 0.1) is 0 Å². The van der Waals surface area contributed by atoms with Crippen LogP contribution in [0.15, 0.2) is 49.4 Å². The molecule has 1 aliphatic rings. The molecule has 0 radical (unpaired) electrons. The van der Waals surface area contributed by atoms with Gasteiger partial charge in [-0.2, -0.15) is 0 Å². The van der Waals surface area contributed by atoms with Gasteiger partial charge >= 0.3 is 6.09 Å². The monoisotopic (exact) mass is 442 g/mol. The highest BCUT2D eigenvalue weighted by atomic mass is 16.6. The van der Waals surface area contributed by atoms with Crippen LogP contribution in [0.1, 0.15) is 32.9 Å². The Labute approximate surface area is 191 Å². The second-order valence-corrected chi connectivity index (χ2v) is 9.36. The number of nitrogens with zero attached hydrogens (tertiary/aromatic N) is 4. The number of amides is 1. The lowest BCUT2D eigenvalue weighted by molar-refractivity contribution is 0.0499. The van der Waals surface area contributed by atoms with E-state index in [1.165, 1.54) is 6.33 Å². The molecule has 33 heavy (non-hydrogen) atoms. The standard InChI is InChI=1S/C25H26N6O2/c1-14-9-17(30-24(32)33-25(2,3)4)12-31-21(14)19(20-22(26)28-13-29-23(20)31)16-10-15-7-5-6-8-18(15)27-11-16/h5-8,10-11,13,17H,1,9,12H2,2-4H3,(H,30,32)(H2,26,28,29)/t17-/m0/s1. The normalized spacial score (nSPS) is 16.1. The summed E-state index contributed by atoms with van der Waals surface area (Å²) in [5, 5.41) is 4.77. The van der Waals surface area contributed by atoms with Crippen molar-refractivity contribution in [2.24, 2.45) is 0 Å². The van der Waals surface area contributed by atoms with E-state index in [0.717, 1.165) is 38.7 Å². The molecule has 1 atom stereocenters. The van der Waals surface area contributed by atoms with Crippen molar-refractivity contribution in [3.8, 4) is 11.1 Å². The van der Waals surface area contributed by atoms with Gasteiger partial charge in [0.25, 0.3) is 0 Å². The van der Waals surface area contributed by atoms with Crippen molar-refractivity contribution in [3.63, 3.8) is 0 Å². The third-order valence-electron chi connectivity index (χ3n) is 5.70. The summed E-state index contributed by atoms with van der Waals surface area (Å²) in [6.07, 6.45) is 3.44. The fraction of sp³-hybridized carbons (Fsp3) is 0.280. The third-order valence-corrected chi connectivity index (χ3v) is 5.70. The van der Waals surface area contributed by atoms with Gasteiger partial charge in [0, 0.05) is 29.3 Å². The average Bonchev–Trinajstić information content (AvgIpc) is 3.08. The molecular weight excluding hydrogens is 416 g/mol. The molecule has 8 heteroatoms. The van der Waals surface area contributed by atoms with Gasteiger partial charge in [-0.25, -0.2) is 14.8 Å². The second kappa shape index (κ2) is 7.58. The number of hydrogen-bond acceptors (Lipinski definition) is 6. The number of alkyl carbamates (subject to hydrolysis) is 1. The van der Waals surface area contributed by atoms with Crippen LogP contribution in [0.5, 0.6) is 0 Å². The smallest absolute Gasteiger partial charge is 0.407 e. The Balaban J connectivity index is 1.62. The van der Waals surface area contributed by atoms with Gasteiger partial charge < -0.3 is 20.4 Å². The van der Waals surface area contributed by atoms with E-state index in [9.17, 15) is 4.79 Å². The van der Waals surface area contributed by atoms with E-state index in [1.807, 2.05) is 51.2 Å². The summed E-state index contributed by atoms with van der Waals surface area (Å²) >= 11 is 0. The minimum atomic E-state index is -0.570. The minimum Gasteiger partial charge on any atom is -0.444 e. The summed E-state index contributed by atoms with van der Waals surface area (Å²) in [6.45, 7) is 10.4. The minimum absolute atomic E-state index is 0.186. The Hall–Kier alpha value is -3.94. The number of hydrogen-bond donors (Lipinski definition) is 2. The molecule has 1 aliphatic heterocycles. The topological polar surface area (TPSA) is 108 Å². The molecule has 3 aromatic heterocycles. The molecule has 0 bridgehead atoms. The van der Waals surface area contributed by atoms with E-state index in [-0.39, 0.29) is 6.04 Å². The summed E-state index contributed by atoms with van der Waals surface area (Å²) < 4.78 is 7.50. The van der Waals surface area contributed by atoms with Gasteiger partial charge in [-0.3, -0.25) is 4.98 Å². The summed E-state index contributed by atoms with van der Waals surface area (Å²) in [5.74, 6) is 0.398. The van der Waals surface area contributed by atoms with Crippen LogP contribution >= 0.6 is 0 Å². The summed E-state index contributed by atoms with van der Waals surface area (Å²) in [5.41, 5.74) is 11.1. The van der Waals surface area contributed by atoms with Crippen molar-refractivity contribution in [2.75, 3.05) is 5.73 Å². The zero-order valence-corrected chi connectivity index (χ0v) is 18.9. The molecule has 8 nitrogen and oxygen atoms in total. The highest BCUT2D eigenvalue weighted by molar-refractivity contribution is 6.06. The maximum Gasteiger partial charge on any atom is 0.407 e. The number of anilines is 1. The maximum atomic E-state index is 12.4. The van der Waals surface area contributed by atoms with Gasteiger partial charge in [-0.15, -0.1) is 0 Å². The molecule has 168 valence electrons. The Kier molecular flexibility index (Phi) is 4.81. The number of para-hydroxylation sites is 1. The number of pyridine rings is 1. The van der Waals surface area contributed by atoms with E-state index < -0.39 is 11.7 Å². The number of fused-ring (bicyclic) bond motifs is 4. The van der Waals surface area contributed by atoms with Crippen molar-refractivity contribution in [3.05, 3.63) is 55.1 Å². The van der Waals surface area contributed by atoms with Crippen LogP contribution < -0.4 is 11.1 Å². The molecule has 0 saturated heterocycles. The Bertz CT molecular complexity index is 1420. The van der Waals surface area contributed by atoms with E-state index in [0.29, 0.717) is 24.4 Å². The van der Waals surface area contributed by atoms with Crippen LogP contribution in [0.4, 0.5) is 10.6 Å². The number of nitrogens with one attached hydrogen (secondary N) is 1. The van der Waals surface area contributed by atoms with E-state index in [1.54, 1.807) is 0 Å². The number of ether oxygens (including phenoxy) is 1. The first-order valence-electron chi connectivity index (χ1n) is 10.9. The molecule has 1 amide bonds. The van der Waals surface area contributed by atoms with Gasteiger partial charge in [0.1, 0.15) is 23.4 Å². The number of carbonyl (C=O) groups excluding carboxylic acids is 1. The van der Waals surface area contributed by atoms with Gasteiger partial charge in [0.15, 0.2) is 0 Å². The fourth-order valence-corrected chi connectivity index (χ4v) is 4.48. The summed E-state index contributed by atoms with van der Waals surface area (Å²) in [4.78, 5) is 25.8. The number of benzene rings is 1. The van der Waals surface area contributed by atoms with Gasteiger partial charge in [0.05, 0.1) is 22.6 Å². The maximum absolute atomic E-state index is 12.4. The molecule has 5 rings (SSSR count). The van der Waals surface area contributed by atoms with Crippen molar-refractivity contribution in [1.29, 1.82) is 0 Å². The first-order chi connectivity index (χ1) is 15.7. The average molecular weight is 443 g/mol. The predicted molar refractivity (Wildman–Crippen MR) is 129 cm³/mol. The first-order valence-corrected chi connectivity index (χ1v) is 10.9. The molecule has 4 aromatic rings. The Morgan fingerprint density at radius 2 is 2.03 bits per heavy atom. The van der Waals surface area contributed by atoms with Crippen LogP contribution in [0.2, 0.25) is 0 Å². The highest BCUT2D eigenvalue weighted by Gasteiger charge is 2.31. The van der Waals surface area contributed by atoms with E-state index in [4.69, 9.17) is 10.5 Å². The number of rotatable bonds is 2. The quantitative estimate of drug-likeness (QED) is 0.472. The first kappa shape index (κ1) is 20.9. The van der Waals surface area contributed by atoms with Crippen molar-refractivity contribution in [2.45, 2.75) is 45.4 Å². The van der Waals surface area contributed by atoms with E-state index in [2.05, 4.69) is 37.5 Å². The number of nitrogens with two attached hydrogens (primary N) is 1. The number of nitrogen functional groups attached to an aromatic ring is 1. The number of aromatic nitrogens is 4. The largest absolute Gasteiger partial charge is 0.444 e. The molecule has 0 saturated carbocycles. The number of carbonyl (C=O) groups is 1. The lowest BCUT2D eigenvalue weighted by atomic mass is 9.94. The lowest BCUT2D eigenvalue weighted by Gasteiger charge is -2.29. The SMILES string of the molecule is C=C1C[C@H](NC(=O)OC(C)(C)C)Cn2c1c(-c1cnc3ccccc3c1)c1c(N)ncnc12. The van der Waals surface area contributed by atoms with Crippen LogP contribution in [-0.2, 0) is 11.3 Å². The van der Waals surface area contributed by atoms with E-state index >= 15 is 0 Å². The summed E-state index contributed by atoms with van der Waals surface area (Å²) in [7, 11) is 0. The fourth-order valence-electron chi connectivity index (χ4n) is 4.48. The Morgan fingerprint density at radius 1 is 1.24 bits per heavy atom. The van der Waals surface area contributed by atoms with Gasteiger partial charge in [0.2, 0.25) is 0 Å². The molecule has 0 spiro atoms. The second-order valence-electron chi connectivity index (χ2n) is 9.36. The Morgan fingerprint density at radius 3 is 2.82 bits per heavy atom. The van der Waals surface area contributed by atoms with Gasteiger partial charge in [-0.05, 0) is 44.9 Å². The zero-order valence-electron chi connectivity index (χ0n) is 18.9. The zero-order chi connectivity index (χ0) is 23.3. The predicted octanol–water partition coefficient (Wildman–Crippen LogP) is 4.54. The van der Waals surface area contributed by atoms with Crippen molar-refractivity contribution < 1.29 is 9.53 Å². The highest BCUT2D eigenvalue weighted by Crippen LogP contribution is 2.43. The van der Waals surface area contributed by atoms with Gasteiger partial charge in [-0.1, -0.05) is 24.8 Å². The molecule has 3 N–H and O–H groups in total. The molecule has 1 aromatic carbocycles. The van der Waals surface area contributed by atoms with Crippen molar-refractivity contribution in [1.82, 2.24) is 24.8 Å². The third kappa shape index (κ3) is 3.77. The molecule has 0 aliphatic carbocycles. The van der Waals surface area contributed by atoms with Crippen LogP contribution in [0.3, 0.4) is 0 Å². The molecule has 0 unspecified atom stereocenters.